The molecule has 0 radical (unpaired) electrons. The molecule has 1 aromatic rings. The Bertz CT molecular complexity index is 439. The number of alkyl halides is 3. The Morgan fingerprint density at radius 3 is 2.21 bits per heavy atom. The molecule has 1 fully saturated rings. The van der Waals surface area contributed by atoms with Crippen molar-refractivity contribution in [3.63, 3.8) is 0 Å². The first-order chi connectivity index (χ1) is 8.75. The molecule has 0 amide bonds. The average molecular weight is 273 g/mol. The van der Waals surface area contributed by atoms with Gasteiger partial charge in [-0.05, 0) is 30.7 Å². The molecule has 0 aliphatic heterocycles. The van der Waals surface area contributed by atoms with Crippen molar-refractivity contribution < 1.29 is 17.9 Å². The second-order valence-corrected chi connectivity index (χ2v) is 5.55. The van der Waals surface area contributed by atoms with E-state index in [0.29, 0.717) is 5.69 Å². The van der Waals surface area contributed by atoms with Crippen LogP contribution in [0, 0.1) is 5.41 Å². The number of anilines is 1. The summed E-state index contributed by atoms with van der Waals surface area (Å²) in [4.78, 5) is 0. The first kappa shape index (κ1) is 14.2. The minimum absolute atomic E-state index is 0.0164. The van der Waals surface area contributed by atoms with E-state index in [9.17, 15) is 13.2 Å². The van der Waals surface area contributed by atoms with Crippen molar-refractivity contribution in [3.8, 4) is 0 Å². The summed E-state index contributed by atoms with van der Waals surface area (Å²) in [6.45, 7) is 4.18. The lowest BCUT2D eigenvalue weighted by molar-refractivity contribution is -0.137. The van der Waals surface area contributed by atoms with E-state index >= 15 is 0 Å². The third kappa shape index (κ3) is 2.71. The van der Waals surface area contributed by atoms with Crippen LogP contribution in [0.5, 0.6) is 0 Å². The van der Waals surface area contributed by atoms with E-state index in [1.807, 2.05) is 0 Å². The van der Waals surface area contributed by atoms with E-state index in [1.165, 1.54) is 12.1 Å². The molecule has 0 heterocycles. The molecule has 0 spiro atoms. The number of ether oxygens (including phenoxy) is 1. The fourth-order valence-electron chi connectivity index (χ4n) is 2.49. The Labute approximate surface area is 111 Å². The van der Waals surface area contributed by atoms with Crippen LogP contribution in [0.15, 0.2) is 24.3 Å². The Morgan fingerprint density at radius 2 is 1.79 bits per heavy atom. The van der Waals surface area contributed by atoms with Crippen LogP contribution in [0.1, 0.15) is 25.8 Å². The van der Waals surface area contributed by atoms with Crippen molar-refractivity contribution >= 4 is 5.69 Å². The first-order valence-electron chi connectivity index (χ1n) is 6.21. The molecule has 19 heavy (non-hydrogen) atoms. The van der Waals surface area contributed by atoms with E-state index in [-0.39, 0.29) is 17.6 Å². The van der Waals surface area contributed by atoms with Crippen LogP contribution in [-0.4, -0.2) is 19.3 Å². The van der Waals surface area contributed by atoms with Crippen LogP contribution in [0.4, 0.5) is 18.9 Å². The first-order valence-corrected chi connectivity index (χ1v) is 6.21. The summed E-state index contributed by atoms with van der Waals surface area (Å²) in [5, 5.41) is 3.26. The lowest BCUT2D eigenvalue weighted by Gasteiger charge is -2.51. The minimum Gasteiger partial charge on any atom is -0.382 e. The third-order valence-electron chi connectivity index (χ3n) is 4.02. The smallest absolute Gasteiger partial charge is 0.382 e. The number of halogens is 3. The molecular formula is C14H18F3NO. The van der Waals surface area contributed by atoms with Crippen LogP contribution in [0.3, 0.4) is 0 Å². The molecule has 2 rings (SSSR count). The molecule has 106 valence electrons. The van der Waals surface area contributed by atoms with Gasteiger partial charge in [0.1, 0.15) is 0 Å². The van der Waals surface area contributed by atoms with Gasteiger partial charge in [-0.2, -0.15) is 13.2 Å². The van der Waals surface area contributed by atoms with Gasteiger partial charge in [-0.25, -0.2) is 0 Å². The summed E-state index contributed by atoms with van der Waals surface area (Å²) in [7, 11) is 1.68. The lowest BCUT2D eigenvalue weighted by Crippen LogP contribution is -2.57. The summed E-state index contributed by atoms with van der Waals surface area (Å²) in [6, 6.07) is 5.36. The van der Waals surface area contributed by atoms with Crippen LogP contribution in [-0.2, 0) is 10.9 Å². The van der Waals surface area contributed by atoms with Crippen molar-refractivity contribution in [2.45, 2.75) is 38.6 Å². The zero-order valence-electron chi connectivity index (χ0n) is 11.2. The highest BCUT2D eigenvalue weighted by Gasteiger charge is 2.48. The predicted octanol–water partition coefficient (Wildman–Crippen LogP) is 3.93. The molecular weight excluding hydrogens is 255 g/mol. The maximum Gasteiger partial charge on any atom is 0.416 e. The van der Waals surface area contributed by atoms with Crippen LogP contribution in [0.25, 0.3) is 0 Å². The molecule has 5 heteroatoms. The van der Waals surface area contributed by atoms with E-state index in [4.69, 9.17) is 4.74 Å². The fourth-order valence-corrected chi connectivity index (χ4v) is 2.49. The van der Waals surface area contributed by atoms with E-state index in [0.717, 1.165) is 18.6 Å². The number of hydrogen-bond acceptors (Lipinski definition) is 2. The molecule has 2 atom stereocenters. The number of nitrogens with one attached hydrogen (secondary N) is 1. The second kappa shape index (κ2) is 4.71. The highest BCUT2D eigenvalue weighted by atomic mass is 19.4. The highest BCUT2D eigenvalue weighted by Crippen LogP contribution is 2.44. The predicted molar refractivity (Wildman–Crippen MR) is 68.0 cm³/mol. The Hall–Kier alpha value is -1.23. The summed E-state index contributed by atoms with van der Waals surface area (Å²) < 4.78 is 42.7. The van der Waals surface area contributed by atoms with Crippen LogP contribution >= 0.6 is 0 Å². The van der Waals surface area contributed by atoms with Crippen molar-refractivity contribution in [2.24, 2.45) is 5.41 Å². The van der Waals surface area contributed by atoms with Gasteiger partial charge in [-0.1, -0.05) is 13.8 Å². The van der Waals surface area contributed by atoms with Gasteiger partial charge >= 0.3 is 6.18 Å². The van der Waals surface area contributed by atoms with Crippen LogP contribution in [0.2, 0.25) is 0 Å². The third-order valence-corrected chi connectivity index (χ3v) is 4.02. The summed E-state index contributed by atoms with van der Waals surface area (Å²) in [5.74, 6) is 0. The lowest BCUT2D eigenvalue weighted by atomic mass is 9.64. The largest absolute Gasteiger partial charge is 0.416 e. The van der Waals surface area contributed by atoms with E-state index < -0.39 is 11.7 Å². The minimum atomic E-state index is -4.28. The Kier molecular flexibility index (Phi) is 3.51. The maximum absolute atomic E-state index is 12.4. The van der Waals surface area contributed by atoms with Crippen molar-refractivity contribution in [3.05, 3.63) is 29.8 Å². The molecule has 2 unspecified atom stereocenters. The van der Waals surface area contributed by atoms with Crippen molar-refractivity contribution in [1.29, 1.82) is 0 Å². The van der Waals surface area contributed by atoms with Gasteiger partial charge < -0.3 is 10.1 Å². The highest BCUT2D eigenvalue weighted by molar-refractivity contribution is 5.47. The number of benzene rings is 1. The monoisotopic (exact) mass is 273 g/mol. The molecule has 1 saturated carbocycles. The summed E-state index contributed by atoms with van der Waals surface area (Å²) >= 11 is 0. The fraction of sp³-hybridized carbons (Fsp3) is 0.571. The molecule has 0 aromatic heterocycles. The topological polar surface area (TPSA) is 21.3 Å². The molecule has 1 aliphatic rings. The second-order valence-electron chi connectivity index (χ2n) is 5.55. The summed E-state index contributed by atoms with van der Waals surface area (Å²) in [5.41, 5.74) is 0.0681. The zero-order chi connectivity index (χ0) is 14.3. The quantitative estimate of drug-likeness (QED) is 0.901. The normalized spacial score (nSPS) is 25.8. The van der Waals surface area contributed by atoms with Crippen LogP contribution < -0.4 is 5.32 Å². The molecule has 0 bridgehead atoms. The molecule has 1 aliphatic carbocycles. The van der Waals surface area contributed by atoms with Gasteiger partial charge in [0, 0.05) is 24.3 Å². The van der Waals surface area contributed by atoms with Crippen molar-refractivity contribution in [1.82, 2.24) is 0 Å². The zero-order valence-corrected chi connectivity index (χ0v) is 11.2. The number of hydrogen-bond donors (Lipinski definition) is 1. The van der Waals surface area contributed by atoms with Crippen molar-refractivity contribution in [2.75, 3.05) is 12.4 Å². The molecule has 0 saturated heterocycles. The van der Waals surface area contributed by atoms with Gasteiger partial charge in [0.15, 0.2) is 0 Å². The van der Waals surface area contributed by atoms with Gasteiger partial charge in [0.25, 0.3) is 0 Å². The SMILES string of the molecule is COC1CC(Nc2ccc(C(F)(F)F)cc2)C1(C)C. The van der Waals surface area contributed by atoms with Gasteiger partial charge in [0.2, 0.25) is 0 Å². The van der Waals surface area contributed by atoms with Gasteiger partial charge in [0.05, 0.1) is 11.7 Å². The molecule has 1 aromatic carbocycles. The maximum atomic E-state index is 12.4. The summed E-state index contributed by atoms with van der Waals surface area (Å²) in [6.07, 6.45) is -3.22. The molecule has 1 N–H and O–H groups in total. The molecule has 2 nitrogen and oxygen atoms in total. The Morgan fingerprint density at radius 1 is 1.21 bits per heavy atom. The standard InChI is InChI=1S/C14H18F3NO/c1-13(2)11(8-12(13)19-3)18-10-6-4-9(5-7-10)14(15,16)17/h4-7,11-12,18H,8H2,1-3H3. The van der Waals surface area contributed by atoms with E-state index in [1.54, 1.807) is 7.11 Å². The van der Waals surface area contributed by atoms with Gasteiger partial charge in [-0.3, -0.25) is 0 Å². The van der Waals surface area contributed by atoms with Gasteiger partial charge in [-0.15, -0.1) is 0 Å². The number of methoxy groups -OCH3 is 1. The Balaban J connectivity index is 2.02. The number of rotatable bonds is 3. The van der Waals surface area contributed by atoms with E-state index in [2.05, 4.69) is 19.2 Å². The average Bonchev–Trinajstić information content (AvgIpc) is 2.33.